The fourth-order valence-corrected chi connectivity index (χ4v) is 3.05. The van der Waals surface area contributed by atoms with E-state index in [2.05, 4.69) is 5.32 Å². The molecule has 3 aromatic rings. The smallest absolute Gasteiger partial charge is 0.165 e. The van der Waals surface area contributed by atoms with Gasteiger partial charge in [-0.1, -0.05) is 48.5 Å². The number of nitrogens with one attached hydrogen (secondary N) is 1. The molecule has 0 bridgehead atoms. The second-order valence-electron chi connectivity index (χ2n) is 7.21. The van der Waals surface area contributed by atoms with E-state index in [1.807, 2.05) is 54.6 Å². The predicted molar refractivity (Wildman–Crippen MR) is 118 cm³/mol. The Bertz CT molecular complexity index is 919. The van der Waals surface area contributed by atoms with Crippen LogP contribution >= 0.6 is 0 Å². The van der Waals surface area contributed by atoms with Crippen molar-refractivity contribution >= 4 is 0 Å². The van der Waals surface area contributed by atoms with Gasteiger partial charge in [-0.15, -0.1) is 0 Å². The van der Waals surface area contributed by atoms with Crippen LogP contribution in [0.3, 0.4) is 0 Å². The van der Waals surface area contributed by atoms with Gasteiger partial charge in [-0.05, 0) is 53.9 Å². The Balaban J connectivity index is 1.29. The van der Waals surface area contributed by atoms with Crippen LogP contribution in [-0.4, -0.2) is 36.5 Å². The van der Waals surface area contributed by atoms with Gasteiger partial charge in [-0.2, -0.15) is 0 Å². The highest BCUT2D eigenvalue weighted by Gasteiger charge is 2.10. The number of aliphatic hydroxyl groups is 1. The van der Waals surface area contributed by atoms with E-state index in [-0.39, 0.29) is 0 Å². The summed E-state index contributed by atoms with van der Waals surface area (Å²) in [4.78, 5) is 0. The van der Waals surface area contributed by atoms with Crippen molar-refractivity contribution in [1.82, 2.24) is 5.32 Å². The number of ether oxygens (including phenoxy) is 2. The van der Waals surface area contributed by atoms with Crippen LogP contribution in [-0.2, 0) is 17.8 Å². The Hall–Kier alpha value is -2.93. The standard InChI is InChI=1S/C25H28FNO4/c26-23-16-21(8-11-24(23)28)25(29)17-27-13-12-19-6-9-22(10-7-19)31-15-14-30-18-20-4-2-1-3-5-20/h1-11,16,25,27-29H,12-15,17-18H2/t25-/m0/s1. The Labute approximate surface area is 182 Å². The molecular formula is C25H28FNO4. The van der Waals surface area contributed by atoms with E-state index >= 15 is 0 Å². The first kappa shape index (κ1) is 22.7. The molecule has 0 aromatic heterocycles. The molecule has 0 spiro atoms. The molecule has 0 saturated heterocycles. The quantitative estimate of drug-likeness (QED) is 0.383. The van der Waals surface area contributed by atoms with Crippen LogP contribution in [0.2, 0.25) is 0 Å². The normalized spacial score (nSPS) is 11.9. The predicted octanol–water partition coefficient (Wildman–Crippen LogP) is 3.99. The Kier molecular flexibility index (Phi) is 8.84. The molecule has 0 aliphatic rings. The van der Waals surface area contributed by atoms with Gasteiger partial charge >= 0.3 is 0 Å². The number of halogens is 1. The molecule has 1 atom stereocenters. The summed E-state index contributed by atoms with van der Waals surface area (Å²) < 4.78 is 24.7. The SMILES string of the molecule is Oc1ccc([C@@H](O)CNCCc2ccc(OCCOCc3ccccc3)cc2)cc1F. The highest BCUT2D eigenvalue weighted by molar-refractivity contribution is 5.29. The molecule has 5 nitrogen and oxygen atoms in total. The molecule has 3 rings (SSSR count). The molecule has 0 heterocycles. The van der Waals surface area contributed by atoms with E-state index in [1.165, 1.54) is 12.1 Å². The highest BCUT2D eigenvalue weighted by atomic mass is 19.1. The molecule has 0 unspecified atom stereocenters. The fraction of sp³-hybridized carbons (Fsp3) is 0.280. The summed E-state index contributed by atoms with van der Waals surface area (Å²) in [5.41, 5.74) is 2.71. The summed E-state index contributed by atoms with van der Waals surface area (Å²) in [6, 6.07) is 21.8. The first-order chi connectivity index (χ1) is 15.1. The van der Waals surface area contributed by atoms with Crippen molar-refractivity contribution in [2.75, 3.05) is 26.3 Å². The molecule has 0 fully saturated rings. The maximum absolute atomic E-state index is 13.4. The van der Waals surface area contributed by atoms with Crippen molar-refractivity contribution in [3.8, 4) is 11.5 Å². The van der Waals surface area contributed by atoms with E-state index in [0.717, 1.165) is 29.4 Å². The van der Waals surface area contributed by atoms with Crippen molar-refractivity contribution in [2.45, 2.75) is 19.1 Å². The minimum Gasteiger partial charge on any atom is -0.505 e. The van der Waals surface area contributed by atoms with Crippen LogP contribution in [0, 0.1) is 5.82 Å². The molecule has 31 heavy (non-hydrogen) atoms. The van der Waals surface area contributed by atoms with Crippen molar-refractivity contribution in [1.29, 1.82) is 0 Å². The zero-order chi connectivity index (χ0) is 21.9. The summed E-state index contributed by atoms with van der Waals surface area (Å²) in [7, 11) is 0. The minimum atomic E-state index is -0.838. The molecule has 164 valence electrons. The number of aromatic hydroxyl groups is 1. The second kappa shape index (κ2) is 12.1. The first-order valence-corrected chi connectivity index (χ1v) is 10.3. The topological polar surface area (TPSA) is 71.0 Å². The van der Waals surface area contributed by atoms with Gasteiger partial charge in [0.25, 0.3) is 0 Å². The van der Waals surface area contributed by atoms with Crippen LogP contribution in [0.4, 0.5) is 4.39 Å². The van der Waals surface area contributed by atoms with Gasteiger partial charge in [0.05, 0.1) is 19.3 Å². The average molecular weight is 426 g/mol. The van der Waals surface area contributed by atoms with Crippen molar-refractivity contribution < 1.29 is 24.1 Å². The summed E-state index contributed by atoms with van der Waals surface area (Å²) in [6.07, 6.45) is -0.0492. The van der Waals surface area contributed by atoms with Crippen LogP contribution in [0.25, 0.3) is 0 Å². The summed E-state index contributed by atoms with van der Waals surface area (Å²) in [5, 5.41) is 22.5. The van der Waals surface area contributed by atoms with Crippen LogP contribution < -0.4 is 10.1 Å². The van der Waals surface area contributed by atoms with Crippen LogP contribution in [0.15, 0.2) is 72.8 Å². The maximum atomic E-state index is 13.4. The maximum Gasteiger partial charge on any atom is 0.165 e. The summed E-state index contributed by atoms with van der Waals surface area (Å²) in [5.74, 6) is -0.359. The van der Waals surface area contributed by atoms with E-state index in [1.54, 1.807) is 0 Å². The van der Waals surface area contributed by atoms with Crippen molar-refractivity contribution in [3.05, 3.63) is 95.3 Å². The molecule has 0 saturated carbocycles. The Morgan fingerprint density at radius 3 is 2.42 bits per heavy atom. The van der Waals surface area contributed by atoms with Crippen molar-refractivity contribution in [2.24, 2.45) is 0 Å². The fourth-order valence-electron chi connectivity index (χ4n) is 3.05. The van der Waals surface area contributed by atoms with Crippen LogP contribution in [0.1, 0.15) is 22.8 Å². The third-order valence-corrected chi connectivity index (χ3v) is 4.82. The molecule has 3 aromatic carbocycles. The largest absolute Gasteiger partial charge is 0.505 e. The minimum absolute atomic E-state index is 0.300. The number of hydrogen-bond acceptors (Lipinski definition) is 5. The summed E-state index contributed by atoms with van der Waals surface area (Å²) >= 11 is 0. The van der Waals surface area contributed by atoms with E-state index in [0.29, 0.717) is 38.5 Å². The lowest BCUT2D eigenvalue weighted by Crippen LogP contribution is -2.23. The van der Waals surface area contributed by atoms with Gasteiger partial charge in [0, 0.05) is 6.54 Å². The number of benzene rings is 3. The van der Waals surface area contributed by atoms with Crippen molar-refractivity contribution in [3.63, 3.8) is 0 Å². The number of phenols is 1. The van der Waals surface area contributed by atoms with E-state index in [9.17, 15) is 14.6 Å². The number of phenolic OH excluding ortho intramolecular Hbond substituents is 1. The molecule has 0 aliphatic heterocycles. The number of hydrogen-bond donors (Lipinski definition) is 3. The van der Waals surface area contributed by atoms with Gasteiger partial charge in [-0.25, -0.2) is 4.39 Å². The highest BCUT2D eigenvalue weighted by Crippen LogP contribution is 2.20. The number of rotatable bonds is 12. The van der Waals surface area contributed by atoms with E-state index in [4.69, 9.17) is 9.47 Å². The van der Waals surface area contributed by atoms with Gasteiger partial charge < -0.3 is 25.0 Å². The monoisotopic (exact) mass is 425 g/mol. The van der Waals surface area contributed by atoms with Gasteiger partial charge in [0.1, 0.15) is 12.4 Å². The first-order valence-electron chi connectivity index (χ1n) is 10.3. The average Bonchev–Trinajstić information content (AvgIpc) is 2.80. The Morgan fingerprint density at radius 1 is 0.903 bits per heavy atom. The lowest BCUT2D eigenvalue weighted by molar-refractivity contribution is 0.0889. The zero-order valence-corrected chi connectivity index (χ0v) is 17.3. The molecule has 0 amide bonds. The summed E-state index contributed by atoms with van der Waals surface area (Å²) in [6.45, 7) is 2.56. The molecule has 6 heteroatoms. The lowest BCUT2D eigenvalue weighted by atomic mass is 10.1. The number of aliphatic hydroxyl groups excluding tert-OH is 1. The van der Waals surface area contributed by atoms with Gasteiger partial charge in [0.2, 0.25) is 0 Å². The van der Waals surface area contributed by atoms with Gasteiger partial charge in [0.15, 0.2) is 11.6 Å². The van der Waals surface area contributed by atoms with Crippen LogP contribution in [0.5, 0.6) is 11.5 Å². The third-order valence-electron chi connectivity index (χ3n) is 4.82. The third kappa shape index (κ3) is 7.68. The molecule has 0 aliphatic carbocycles. The van der Waals surface area contributed by atoms with E-state index < -0.39 is 17.7 Å². The lowest BCUT2D eigenvalue weighted by Gasteiger charge is -2.13. The zero-order valence-electron chi connectivity index (χ0n) is 17.3. The second-order valence-corrected chi connectivity index (χ2v) is 7.21. The Morgan fingerprint density at radius 2 is 1.68 bits per heavy atom. The molecule has 3 N–H and O–H groups in total. The molecular weight excluding hydrogens is 397 g/mol. The molecule has 0 radical (unpaired) electrons. The van der Waals surface area contributed by atoms with Gasteiger partial charge in [-0.3, -0.25) is 0 Å².